The number of carbonyl (C=O) groups excluding carboxylic acids is 1. The third-order valence-corrected chi connectivity index (χ3v) is 9.01. The SMILES string of the molecule is O=NP(=O)(O)OC1(COc2ccc(N3CCOC3=O)cc2F)CCN(c2cc3c(cc2F)c(=O)c(C(=O)O)cn3C2CC2)CC1. The Labute approximate surface area is 253 Å². The van der Waals surface area contributed by atoms with E-state index in [0.29, 0.717) is 5.52 Å². The van der Waals surface area contributed by atoms with E-state index in [1.807, 2.05) is 0 Å². The van der Waals surface area contributed by atoms with Crippen LogP contribution in [0.1, 0.15) is 42.1 Å². The summed E-state index contributed by atoms with van der Waals surface area (Å²) in [5.74, 6) is -3.26. The number of nitroso groups, excluding NO2 is 1. The zero-order chi connectivity index (χ0) is 32.1. The second-order valence-corrected chi connectivity index (χ2v) is 12.5. The van der Waals surface area contributed by atoms with Gasteiger partial charge in [-0.15, -0.1) is 4.91 Å². The van der Waals surface area contributed by atoms with E-state index < -0.39 is 54.6 Å². The number of rotatable bonds is 10. The Hall–Kier alpha value is -4.40. The molecule has 1 unspecified atom stereocenters. The van der Waals surface area contributed by atoms with E-state index >= 15 is 4.39 Å². The van der Waals surface area contributed by atoms with Gasteiger partial charge in [-0.25, -0.2) is 22.9 Å². The predicted octanol–water partition coefficient (Wildman–Crippen LogP) is 4.57. The van der Waals surface area contributed by atoms with Crippen molar-refractivity contribution in [3.8, 4) is 5.75 Å². The molecule has 2 saturated heterocycles. The van der Waals surface area contributed by atoms with Gasteiger partial charge in [0.25, 0.3) is 0 Å². The largest absolute Gasteiger partial charge is 0.487 e. The molecule has 6 rings (SSSR count). The third-order valence-electron chi connectivity index (χ3n) is 8.18. The van der Waals surface area contributed by atoms with E-state index in [1.54, 1.807) is 9.47 Å². The molecule has 238 valence electrons. The van der Waals surface area contributed by atoms with Crippen molar-refractivity contribution in [2.24, 2.45) is 4.95 Å². The Kier molecular flexibility index (Phi) is 7.83. The molecule has 2 N–H and O–H groups in total. The number of pyridine rings is 1. The van der Waals surface area contributed by atoms with Gasteiger partial charge in [-0.2, -0.15) is 0 Å². The van der Waals surface area contributed by atoms with Gasteiger partial charge >= 0.3 is 19.8 Å². The van der Waals surface area contributed by atoms with Crippen LogP contribution in [0.5, 0.6) is 5.75 Å². The normalized spacial score (nSPS) is 19.3. The number of aromatic nitrogens is 1. The summed E-state index contributed by atoms with van der Waals surface area (Å²) in [7, 11) is -4.97. The monoisotopic (exact) mass is 648 g/mol. The topological polar surface area (TPSA) is 177 Å². The first-order valence-corrected chi connectivity index (χ1v) is 15.5. The van der Waals surface area contributed by atoms with Gasteiger partial charge in [-0.1, -0.05) is 0 Å². The standard InChI is InChI=1S/C28H27F2N4O10P/c29-20-12-18-22(34(16-1-2-16)14-19(25(18)35)26(36)37)13-23(20)32-7-5-28(6-8-32,44-45(40,41)31-39)15-43-24-4-3-17(11-21(24)30)33-9-10-42-27(33)38/h3-4,11-14,16H,1-2,5-10,15H2,(H,36,37)(H,40,41). The highest BCUT2D eigenvalue weighted by molar-refractivity contribution is 7.51. The molecule has 2 aromatic carbocycles. The number of benzene rings is 2. The van der Waals surface area contributed by atoms with Crippen LogP contribution in [0, 0.1) is 16.5 Å². The van der Waals surface area contributed by atoms with E-state index in [9.17, 15) is 38.2 Å². The van der Waals surface area contributed by atoms with Crippen LogP contribution < -0.4 is 20.0 Å². The number of hydrogen-bond donors (Lipinski definition) is 2. The highest BCUT2D eigenvalue weighted by Gasteiger charge is 2.44. The van der Waals surface area contributed by atoms with Gasteiger partial charge in [0.2, 0.25) is 5.43 Å². The summed E-state index contributed by atoms with van der Waals surface area (Å²) in [6.07, 6.45) is 2.05. The molecular formula is C28H27F2N4O10P. The fourth-order valence-corrected chi connectivity index (χ4v) is 6.48. The Bertz CT molecular complexity index is 1820. The lowest BCUT2D eigenvalue weighted by atomic mass is 9.92. The number of hydrogen-bond acceptors (Lipinski definition) is 9. The molecule has 0 spiro atoms. The van der Waals surface area contributed by atoms with Crippen LogP contribution in [0.3, 0.4) is 0 Å². The van der Waals surface area contributed by atoms with Gasteiger partial charge in [0.1, 0.15) is 30.2 Å². The Balaban J connectivity index is 1.25. The average molecular weight is 649 g/mol. The first-order valence-electron chi connectivity index (χ1n) is 14.0. The van der Waals surface area contributed by atoms with Gasteiger partial charge in [0.15, 0.2) is 11.6 Å². The summed E-state index contributed by atoms with van der Waals surface area (Å²) in [6.45, 7) is 0.00305. The lowest BCUT2D eigenvalue weighted by Gasteiger charge is -2.41. The Morgan fingerprint density at radius 2 is 1.84 bits per heavy atom. The van der Waals surface area contributed by atoms with Crippen molar-refractivity contribution < 1.29 is 46.9 Å². The Morgan fingerprint density at radius 3 is 2.44 bits per heavy atom. The molecule has 1 aliphatic carbocycles. The highest BCUT2D eigenvalue weighted by Crippen LogP contribution is 2.50. The van der Waals surface area contributed by atoms with E-state index in [2.05, 4.69) is 4.95 Å². The molecule has 3 fully saturated rings. The average Bonchev–Trinajstić information content (AvgIpc) is 3.76. The van der Waals surface area contributed by atoms with E-state index in [-0.39, 0.29) is 67.6 Å². The molecule has 2 aliphatic heterocycles. The summed E-state index contributed by atoms with van der Waals surface area (Å²) in [5, 5.41) is 9.41. The van der Waals surface area contributed by atoms with Crippen LogP contribution in [-0.4, -0.2) is 65.1 Å². The van der Waals surface area contributed by atoms with Crippen molar-refractivity contribution in [2.45, 2.75) is 37.3 Å². The summed E-state index contributed by atoms with van der Waals surface area (Å²) in [4.78, 5) is 62.3. The van der Waals surface area contributed by atoms with Crippen molar-refractivity contribution in [3.05, 3.63) is 68.9 Å². The van der Waals surface area contributed by atoms with Crippen LogP contribution in [0.4, 0.5) is 25.0 Å². The van der Waals surface area contributed by atoms with Crippen molar-refractivity contribution in [1.29, 1.82) is 0 Å². The second kappa shape index (κ2) is 11.5. The quantitative estimate of drug-likeness (QED) is 0.233. The number of aromatic carboxylic acids is 1. The zero-order valence-corrected chi connectivity index (χ0v) is 24.5. The number of amides is 1. The molecule has 45 heavy (non-hydrogen) atoms. The van der Waals surface area contributed by atoms with Crippen LogP contribution in [0.25, 0.3) is 10.9 Å². The van der Waals surface area contributed by atoms with Gasteiger partial charge in [0.05, 0.1) is 23.4 Å². The summed E-state index contributed by atoms with van der Waals surface area (Å²) < 4.78 is 60.1. The number of halogens is 2. The minimum atomic E-state index is -4.97. The molecule has 14 nitrogen and oxygen atoms in total. The van der Waals surface area contributed by atoms with E-state index in [1.165, 1.54) is 29.3 Å². The number of anilines is 2. The van der Waals surface area contributed by atoms with Crippen LogP contribution in [0.15, 0.2) is 46.3 Å². The molecule has 1 atom stereocenters. The van der Waals surface area contributed by atoms with E-state index in [4.69, 9.17) is 14.0 Å². The van der Waals surface area contributed by atoms with Crippen molar-refractivity contribution in [1.82, 2.24) is 4.57 Å². The molecule has 3 aromatic rings. The number of carboxylic acid groups (broad SMARTS) is 1. The smallest absolute Gasteiger partial charge is 0.487 e. The minimum Gasteiger partial charge on any atom is -0.487 e. The second-order valence-electron chi connectivity index (χ2n) is 11.1. The van der Waals surface area contributed by atoms with Crippen molar-refractivity contribution in [3.63, 3.8) is 0 Å². The number of fused-ring (bicyclic) bond motifs is 1. The molecule has 1 amide bonds. The van der Waals surface area contributed by atoms with Crippen molar-refractivity contribution in [2.75, 3.05) is 42.6 Å². The molecule has 3 heterocycles. The minimum absolute atomic E-state index is 0.0303. The Morgan fingerprint density at radius 1 is 1.11 bits per heavy atom. The highest BCUT2D eigenvalue weighted by atomic mass is 31.2. The van der Waals surface area contributed by atoms with Gasteiger partial charge in [-0.05, 0) is 49.9 Å². The molecule has 0 radical (unpaired) electrons. The number of nitrogens with zero attached hydrogens (tertiary/aromatic N) is 4. The first kappa shape index (κ1) is 30.6. The molecule has 3 aliphatic rings. The van der Waals surface area contributed by atoms with Crippen molar-refractivity contribution >= 4 is 42.1 Å². The lowest BCUT2D eigenvalue weighted by Crippen LogP contribution is -2.49. The summed E-state index contributed by atoms with van der Waals surface area (Å²) >= 11 is 0. The number of piperidine rings is 1. The summed E-state index contributed by atoms with van der Waals surface area (Å²) in [5.41, 5.74) is -2.14. The molecule has 0 bridgehead atoms. The number of carboxylic acids is 1. The summed E-state index contributed by atoms with van der Waals surface area (Å²) in [6, 6.07) is 6.23. The van der Waals surface area contributed by atoms with Crippen LogP contribution in [-0.2, 0) is 13.8 Å². The fourth-order valence-electron chi connectivity index (χ4n) is 5.71. The molecule has 1 saturated carbocycles. The molecule has 17 heteroatoms. The maximum atomic E-state index is 15.5. The maximum Gasteiger partial charge on any atom is 0.487 e. The zero-order valence-electron chi connectivity index (χ0n) is 23.6. The predicted molar refractivity (Wildman–Crippen MR) is 155 cm³/mol. The number of ether oxygens (including phenoxy) is 2. The number of carbonyl (C=O) groups is 2. The fraction of sp³-hybridized carbons (Fsp3) is 0.393. The maximum absolute atomic E-state index is 15.5. The van der Waals surface area contributed by atoms with Gasteiger partial charge in [0, 0.05) is 41.7 Å². The molecular weight excluding hydrogens is 621 g/mol. The third kappa shape index (κ3) is 6.00. The number of cyclic esters (lactones) is 1. The van der Waals surface area contributed by atoms with Gasteiger partial charge in [-0.3, -0.25) is 14.2 Å². The molecule has 1 aromatic heterocycles. The lowest BCUT2D eigenvalue weighted by molar-refractivity contribution is -0.00980. The first-order chi connectivity index (χ1) is 21.4. The van der Waals surface area contributed by atoms with E-state index in [0.717, 1.165) is 25.0 Å². The van der Waals surface area contributed by atoms with Crippen LogP contribution >= 0.6 is 7.75 Å². The van der Waals surface area contributed by atoms with Crippen LogP contribution in [0.2, 0.25) is 0 Å². The van der Waals surface area contributed by atoms with Gasteiger partial charge < -0.3 is 28.9 Å².